The molecular formula is C16H20N2O3S. The van der Waals surface area contributed by atoms with Crippen molar-refractivity contribution in [2.75, 3.05) is 6.54 Å². The maximum Gasteiger partial charge on any atom is 0.236 e. The van der Waals surface area contributed by atoms with Gasteiger partial charge in [-0.15, -0.1) is 11.3 Å². The van der Waals surface area contributed by atoms with E-state index >= 15 is 0 Å². The topological polar surface area (TPSA) is 66.6 Å². The minimum absolute atomic E-state index is 0.0641. The third kappa shape index (κ3) is 3.39. The molecule has 0 saturated carbocycles. The molecule has 6 heteroatoms. The quantitative estimate of drug-likeness (QED) is 0.920. The number of oxazole rings is 1. The number of hydrogen-bond donors (Lipinski definition) is 1. The number of aliphatic hydroxyl groups is 1. The number of carbonyl (C=O) groups is 1. The number of likely N-dealkylation sites (tertiary alicyclic amines) is 1. The van der Waals surface area contributed by atoms with E-state index in [1.807, 2.05) is 22.4 Å². The molecule has 1 fully saturated rings. The first-order valence-electron chi connectivity index (χ1n) is 7.59. The lowest BCUT2D eigenvalue weighted by Gasteiger charge is -2.25. The lowest BCUT2D eigenvalue weighted by Crippen LogP contribution is -2.38. The second kappa shape index (κ2) is 6.62. The molecule has 0 aromatic carbocycles. The van der Waals surface area contributed by atoms with Crippen molar-refractivity contribution in [3.05, 3.63) is 29.5 Å². The zero-order valence-corrected chi connectivity index (χ0v) is 13.4. The second-order valence-electron chi connectivity index (χ2n) is 5.77. The Balaban J connectivity index is 1.64. The normalized spacial score (nSPS) is 19.5. The van der Waals surface area contributed by atoms with E-state index in [1.165, 1.54) is 0 Å². The molecule has 2 aromatic heterocycles. The van der Waals surface area contributed by atoms with Gasteiger partial charge in [0.1, 0.15) is 6.26 Å². The highest BCUT2D eigenvalue weighted by atomic mass is 32.1. The Morgan fingerprint density at radius 1 is 1.64 bits per heavy atom. The van der Waals surface area contributed by atoms with Gasteiger partial charge in [0.2, 0.25) is 11.8 Å². The van der Waals surface area contributed by atoms with Gasteiger partial charge in [-0.25, -0.2) is 4.98 Å². The molecule has 1 aliphatic heterocycles. The summed E-state index contributed by atoms with van der Waals surface area (Å²) in [6.07, 6.45) is 4.05. The zero-order valence-electron chi connectivity index (χ0n) is 12.6. The Labute approximate surface area is 133 Å². The van der Waals surface area contributed by atoms with Crippen LogP contribution in [0.3, 0.4) is 0 Å². The molecule has 2 atom stereocenters. The van der Waals surface area contributed by atoms with Gasteiger partial charge in [0, 0.05) is 12.6 Å². The summed E-state index contributed by atoms with van der Waals surface area (Å²) < 4.78 is 5.45. The first-order chi connectivity index (χ1) is 10.6. The zero-order chi connectivity index (χ0) is 15.5. The fourth-order valence-electron chi connectivity index (χ4n) is 2.96. The van der Waals surface area contributed by atoms with Crippen molar-refractivity contribution >= 4 is 17.2 Å². The van der Waals surface area contributed by atoms with E-state index in [0.29, 0.717) is 18.0 Å². The highest BCUT2D eigenvalue weighted by molar-refractivity contribution is 7.13. The van der Waals surface area contributed by atoms with E-state index in [1.54, 1.807) is 24.5 Å². The van der Waals surface area contributed by atoms with Crippen LogP contribution in [0.4, 0.5) is 0 Å². The first kappa shape index (κ1) is 15.2. The Morgan fingerprint density at radius 3 is 3.23 bits per heavy atom. The number of nitrogens with zero attached hydrogens (tertiary/aromatic N) is 2. The van der Waals surface area contributed by atoms with Gasteiger partial charge in [-0.3, -0.25) is 4.79 Å². The Bertz CT molecular complexity index is 621. The molecular weight excluding hydrogens is 300 g/mol. The van der Waals surface area contributed by atoms with Crippen LogP contribution in [0.2, 0.25) is 0 Å². The molecule has 1 saturated heterocycles. The lowest BCUT2D eigenvalue weighted by molar-refractivity contribution is -0.131. The smallest absolute Gasteiger partial charge is 0.236 e. The number of thiophene rings is 1. The Hall–Kier alpha value is -1.66. The van der Waals surface area contributed by atoms with Gasteiger partial charge in [0.25, 0.3) is 0 Å². The van der Waals surface area contributed by atoms with Gasteiger partial charge < -0.3 is 14.4 Å². The molecule has 2 unspecified atom stereocenters. The maximum atomic E-state index is 12.5. The van der Waals surface area contributed by atoms with Crippen LogP contribution < -0.4 is 0 Å². The molecule has 1 N–H and O–H groups in total. The van der Waals surface area contributed by atoms with Gasteiger partial charge in [0.05, 0.1) is 23.1 Å². The number of aliphatic hydroxyl groups excluding tert-OH is 1. The first-order valence-corrected chi connectivity index (χ1v) is 8.47. The highest BCUT2D eigenvalue weighted by Crippen LogP contribution is 2.25. The average molecular weight is 320 g/mol. The maximum absolute atomic E-state index is 12.5. The number of aromatic nitrogens is 1. The highest BCUT2D eigenvalue weighted by Gasteiger charge is 2.29. The Morgan fingerprint density at radius 2 is 2.50 bits per heavy atom. The minimum atomic E-state index is -0.379. The van der Waals surface area contributed by atoms with Crippen LogP contribution in [0, 0.1) is 0 Å². The summed E-state index contributed by atoms with van der Waals surface area (Å²) in [7, 11) is 0. The molecule has 3 heterocycles. The summed E-state index contributed by atoms with van der Waals surface area (Å²) in [5.74, 6) is 0.633. The standard InChI is InChI=1S/C16H20N2O3S/c1-11(19)8-13-4-2-6-18(13)15(20)9-12-10-21-16(17-12)14-5-3-7-22-14/h3,5,7,10-11,13,19H,2,4,6,8-9H2,1H3. The fraction of sp³-hybridized carbons (Fsp3) is 0.500. The predicted octanol–water partition coefficient (Wildman–Crippen LogP) is 2.71. The van der Waals surface area contributed by atoms with Crippen LogP contribution in [0.15, 0.2) is 28.2 Å². The number of rotatable bonds is 5. The largest absolute Gasteiger partial charge is 0.444 e. The Kier molecular flexibility index (Phi) is 4.59. The van der Waals surface area contributed by atoms with Crippen LogP contribution in [0.25, 0.3) is 10.8 Å². The van der Waals surface area contributed by atoms with Crippen molar-refractivity contribution in [2.24, 2.45) is 0 Å². The van der Waals surface area contributed by atoms with Gasteiger partial charge in [-0.1, -0.05) is 6.07 Å². The summed E-state index contributed by atoms with van der Waals surface area (Å²) in [6, 6.07) is 4.04. The van der Waals surface area contributed by atoms with Crippen LogP contribution >= 0.6 is 11.3 Å². The lowest BCUT2D eigenvalue weighted by atomic mass is 10.1. The summed E-state index contributed by atoms with van der Waals surface area (Å²) in [5.41, 5.74) is 0.663. The van der Waals surface area contributed by atoms with Crippen LogP contribution in [0.5, 0.6) is 0 Å². The third-order valence-electron chi connectivity index (χ3n) is 3.93. The van der Waals surface area contributed by atoms with Gasteiger partial charge in [-0.2, -0.15) is 0 Å². The molecule has 0 bridgehead atoms. The van der Waals surface area contributed by atoms with E-state index in [2.05, 4.69) is 4.98 Å². The van der Waals surface area contributed by atoms with E-state index in [-0.39, 0.29) is 24.5 Å². The fourth-order valence-corrected chi connectivity index (χ4v) is 3.62. The number of carbonyl (C=O) groups excluding carboxylic acids is 1. The monoisotopic (exact) mass is 320 g/mol. The summed E-state index contributed by atoms with van der Waals surface area (Å²) >= 11 is 1.56. The summed E-state index contributed by atoms with van der Waals surface area (Å²) in [6.45, 7) is 2.54. The predicted molar refractivity (Wildman–Crippen MR) is 84.6 cm³/mol. The molecule has 1 aliphatic rings. The molecule has 0 spiro atoms. The van der Waals surface area contributed by atoms with Gasteiger partial charge >= 0.3 is 0 Å². The van der Waals surface area contributed by atoms with E-state index < -0.39 is 0 Å². The van der Waals surface area contributed by atoms with E-state index in [4.69, 9.17) is 4.42 Å². The van der Waals surface area contributed by atoms with Crippen LogP contribution in [-0.2, 0) is 11.2 Å². The molecule has 0 aliphatic carbocycles. The average Bonchev–Trinajstić information content (AvgIpc) is 3.18. The van der Waals surface area contributed by atoms with Crippen molar-refractivity contribution in [2.45, 2.75) is 44.8 Å². The summed E-state index contributed by atoms with van der Waals surface area (Å²) in [5, 5.41) is 11.5. The van der Waals surface area contributed by atoms with Gasteiger partial charge in [-0.05, 0) is 37.6 Å². The molecule has 3 rings (SSSR count). The van der Waals surface area contributed by atoms with Gasteiger partial charge in [0.15, 0.2) is 0 Å². The second-order valence-corrected chi connectivity index (χ2v) is 6.71. The molecule has 0 radical (unpaired) electrons. The molecule has 5 nitrogen and oxygen atoms in total. The van der Waals surface area contributed by atoms with Crippen LogP contribution in [0.1, 0.15) is 31.9 Å². The number of amides is 1. The van der Waals surface area contributed by atoms with Crippen LogP contribution in [-0.4, -0.2) is 39.6 Å². The van der Waals surface area contributed by atoms with Crippen molar-refractivity contribution < 1.29 is 14.3 Å². The SMILES string of the molecule is CC(O)CC1CCCN1C(=O)Cc1coc(-c2cccs2)n1. The van der Waals surface area contributed by atoms with E-state index in [0.717, 1.165) is 24.3 Å². The van der Waals surface area contributed by atoms with Crippen molar-refractivity contribution in [1.82, 2.24) is 9.88 Å². The third-order valence-corrected chi connectivity index (χ3v) is 4.78. The molecule has 1 amide bonds. The number of hydrogen-bond acceptors (Lipinski definition) is 5. The van der Waals surface area contributed by atoms with Crippen molar-refractivity contribution in [3.63, 3.8) is 0 Å². The minimum Gasteiger partial charge on any atom is -0.444 e. The molecule has 22 heavy (non-hydrogen) atoms. The molecule has 2 aromatic rings. The summed E-state index contributed by atoms with van der Waals surface area (Å²) in [4.78, 5) is 19.7. The molecule has 118 valence electrons. The van der Waals surface area contributed by atoms with E-state index in [9.17, 15) is 9.90 Å². The van der Waals surface area contributed by atoms with Crippen molar-refractivity contribution in [1.29, 1.82) is 0 Å². The van der Waals surface area contributed by atoms with Crippen molar-refractivity contribution in [3.8, 4) is 10.8 Å².